The first-order valence-electron chi connectivity index (χ1n) is 8.58. The number of hydrogen-bond acceptors (Lipinski definition) is 2. The highest BCUT2D eigenvalue weighted by Crippen LogP contribution is 2.26. The van der Waals surface area contributed by atoms with E-state index in [9.17, 15) is 9.59 Å². The number of nitrogens with zero attached hydrogens (tertiary/aromatic N) is 1. The predicted molar refractivity (Wildman–Crippen MR) is 113 cm³/mol. The third kappa shape index (κ3) is 5.96. The molecule has 0 aromatic heterocycles. The van der Waals surface area contributed by atoms with Gasteiger partial charge in [-0.25, -0.2) is 0 Å². The molecule has 4 nitrogen and oxygen atoms in total. The molecule has 0 heterocycles. The van der Waals surface area contributed by atoms with Gasteiger partial charge in [-0.1, -0.05) is 57.3 Å². The van der Waals surface area contributed by atoms with E-state index in [0.29, 0.717) is 28.7 Å². The Kier molecular flexibility index (Phi) is 8.14. The molecule has 0 saturated carbocycles. The van der Waals surface area contributed by atoms with Crippen molar-refractivity contribution in [1.29, 1.82) is 0 Å². The number of carbonyl (C=O) groups is 2. The minimum Gasteiger partial charge on any atom is -0.355 e. The molecule has 2 rings (SSSR count). The zero-order valence-electron chi connectivity index (χ0n) is 15.1. The van der Waals surface area contributed by atoms with E-state index in [1.165, 1.54) is 0 Å². The molecular weight excluding hydrogens is 451 g/mol. The summed E-state index contributed by atoms with van der Waals surface area (Å²) in [4.78, 5) is 27.0. The molecule has 144 valence electrons. The second kappa shape index (κ2) is 10.1. The summed E-state index contributed by atoms with van der Waals surface area (Å²) in [5.41, 5.74) is 1.48. The highest BCUT2D eigenvalue weighted by Gasteiger charge is 2.27. The summed E-state index contributed by atoms with van der Waals surface area (Å²) < 4.78 is 0.909. The van der Waals surface area contributed by atoms with Crippen LogP contribution < -0.4 is 5.32 Å². The van der Waals surface area contributed by atoms with Crippen molar-refractivity contribution in [3.05, 3.63) is 68.1 Å². The van der Waals surface area contributed by atoms with Crippen molar-refractivity contribution < 1.29 is 9.59 Å². The maximum Gasteiger partial charge on any atom is 0.242 e. The Morgan fingerprint density at radius 3 is 2.37 bits per heavy atom. The van der Waals surface area contributed by atoms with E-state index in [1.54, 1.807) is 30.0 Å². The van der Waals surface area contributed by atoms with Crippen LogP contribution in [-0.2, 0) is 22.6 Å². The fourth-order valence-corrected chi connectivity index (χ4v) is 3.67. The van der Waals surface area contributed by atoms with Crippen molar-refractivity contribution in [3.63, 3.8) is 0 Å². The van der Waals surface area contributed by atoms with Crippen LogP contribution in [0, 0.1) is 0 Å². The van der Waals surface area contributed by atoms with E-state index < -0.39 is 6.04 Å². The number of nitrogens with one attached hydrogen (secondary N) is 1. The minimum atomic E-state index is -0.627. The molecular formula is C20H21BrCl2N2O2. The fourth-order valence-electron chi connectivity index (χ4n) is 2.69. The number of hydrogen-bond donors (Lipinski definition) is 1. The first-order chi connectivity index (χ1) is 12.8. The summed E-state index contributed by atoms with van der Waals surface area (Å²) in [6, 6.07) is 12.1. The molecule has 0 radical (unpaired) electrons. The van der Waals surface area contributed by atoms with Crippen LogP contribution in [0.15, 0.2) is 46.9 Å². The Bertz CT molecular complexity index is 809. The molecule has 2 aromatic rings. The van der Waals surface area contributed by atoms with Gasteiger partial charge in [0.25, 0.3) is 0 Å². The lowest BCUT2D eigenvalue weighted by atomic mass is 10.1. The Morgan fingerprint density at radius 1 is 1.15 bits per heavy atom. The molecule has 0 aliphatic rings. The maximum atomic E-state index is 13.1. The van der Waals surface area contributed by atoms with Crippen molar-refractivity contribution in [2.75, 3.05) is 6.54 Å². The number of halogens is 3. The normalized spacial score (nSPS) is 11.7. The zero-order valence-corrected chi connectivity index (χ0v) is 18.2. The van der Waals surface area contributed by atoms with Gasteiger partial charge in [0.15, 0.2) is 0 Å². The average Bonchev–Trinajstić information content (AvgIpc) is 2.62. The molecule has 7 heteroatoms. The molecule has 0 spiro atoms. The fraction of sp³-hybridized carbons (Fsp3) is 0.300. The Hall–Kier alpha value is -1.56. The molecule has 1 N–H and O–H groups in total. The molecule has 0 aliphatic heterocycles. The number of amides is 2. The van der Waals surface area contributed by atoms with Crippen molar-refractivity contribution in [3.8, 4) is 0 Å². The zero-order chi connectivity index (χ0) is 20.0. The van der Waals surface area contributed by atoms with Gasteiger partial charge in [-0.2, -0.15) is 0 Å². The summed E-state index contributed by atoms with van der Waals surface area (Å²) in [6.45, 7) is 4.36. The smallest absolute Gasteiger partial charge is 0.242 e. The molecule has 27 heavy (non-hydrogen) atoms. The van der Waals surface area contributed by atoms with E-state index in [-0.39, 0.29) is 18.2 Å². The van der Waals surface area contributed by atoms with Gasteiger partial charge in [0.2, 0.25) is 11.8 Å². The monoisotopic (exact) mass is 470 g/mol. The van der Waals surface area contributed by atoms with Crippen molar-refractivity contribution >= 4 is 50.9 Å². The number of likely N-dealkylation sites (N-methyl/N-ethyl adjacent to an activating group) is 1. The first kappa shape index (κ1) is 21.7. The largest absolute Gasteiger partial charge is 0.355 e. The summed E-state index contributed by atoms with van der Waals surface area (Å²) in [5.74, 6) is -0.421. The lowest BCUT2D eigenvalue weighted by Gasteiger charge is -2.29. The van der Waals surface area contributed by atoms with Gasteiger partial charge in [0.1, 0.15) is 6.04 Å². The van der Waals surface area contributed by atoms with E-state index >= 15 is 0 Å². The Balaban J connectivity index is 2.30. The van der Waals surface area contributed by atoms with E-state index in [4.69, 9.17) is 23.2 Å². The van der Waals surface area contributed by atoms with Gasteiger partial charge in [-0.3, -0.25) is 9.59 Å². The quantitative estimate of drug-likeness (QED) is 0.627. The van der Waals surface area contributed by atoms with Gasteiger partial charge in [-0.15, -0.1) is 0 Å². The minimum absolute atomic E-state index is 0.0241. The molecule has 1 atom stereocenters. The van der Waals surface area contributed by atoms with Gasteiger partial charge in [0.05, 0.1) is 6.42 Å². The SMILES string of the molecule is CCNC(=O)C(C)N(Cc1cccc(Br)c1)C(=O)Cc1c(Cl)cccc1Cl. The number of carbonyl (C=O) groups excluding carboxylic acids is 2. The third-order valence-electron chi connectivity index (χ3n) is 4.15. The van der Waals surface area contributed by atoms with Crippen LogP contribution in [0.25, 0.3) is 0 Å². The Morgan fingerprint density at radius 2 is 1.78 bits per heavy atom. The van der Waals surface area contributed by atoms with Crippen molar-refractivity contribution in [2.24, 2.45) is 0 Å². The second-order valence-electron chi connectivity index (χ2n) is 6.10. The Labute approximate surface area is 178 Å². The van der Waals surface area contributed by atoms with Gasteiger partial charge in [-0.05, 0) is 49.2 Å². The highest BCUT2D eigenvalue weighted by molar-refractivity contribution is 9.10. The van der Waals surface area contributed by atoms with Gasteiger partial charge >= 0.3 is 0 Å². The molecule has 0 saturated heterocycles. The van der Waals surface area contributed by atoms with Crippen molar-refractivity contribution in [1.82, 2.24) is 10.2 Å². The van der Waals surface area contributed by atoms with Crippen LogP contribution in [-0.4, -0.2) is 29.3 Å². The summed E-state index contributed by atoms with van der Waals surface area (Å²) in [5, 5.41) is 3.64. The standard InChI is InChI=1S/C20H21BrCl2N2O2/c1-3-24-20(27)13(2)25(12-14-6-4-7-15(21)10-14)19(26)11-16-17(22)8-5-9-18(16)23/h4-10,13H,3,11-12H2,1-2H3,(H,24,27). The highest BCUT2D eigenvalue weighted by atomic mass is 79.9. The molecule has 0 aliphatic carbocycles. The lowest BCUT2D eigenvalue weighted by molar-refractivity contribution is -0.140. The maximum absolute atomic E-state index is 13.1. The molecule has 2 amide bonds. The molecule has 1 unspecified atom stereocenters. The summed E-state index contributed by atoms with van der Waals surface area (Å²) in [7, 11) is 0. The van der Waals surface area contributed by atoms with Crippen LogP contribution in [0.1, 0.15) is 25.0 Å². The predicted octanol–water partition coefficient (Wildman–Crippen LogP) is 4.85. The molecule has 2 aromatic carbocycles. The van der Waals surface area contributed by atoms with Crippen LogP contribution in [0.3, 0.4) is 0 Å². The third-order valence-corrected chi connectivity index (χ3v) is 5.35. The second-order valence-corrected chi connectivity index (χ2v) is 7.83. The first-order valence-corrected chi connectivity index (χ1v) is 10.1. The van der Waals surface area contributed by atoms with Gasteiger partial charge < -0.3 is 10.2 Å². The van der Waals surface area contributed by atoms with E-state index in [1.807, 2.05) is 31.2 Å². The summed E-state index contributed by atoms with van der Waals surface area (Å²) >= 11 is 15.9. The lowest BCUT2D eigenvalue weighted by Crippen LogP contribution is -2.48. The topological polar surface area (TPSA) is 49.4 Å². The number of rotatable bonds is 7. The van der Waals surface area contributed by atoms with Gasteiger partial charge in [0, 0.05) is 27.6 Å². The molecule has 0 bridgehead atoms. The van der Waals surface area contributed by atoms with Crippen LogP contribution in [0.2, 0.25) is 10.0 Å². The van der Waals surface area contributed by atoms with Crippen LogP contribution >= 0.6 is 39.1 Å². The van der Waals surface area contributed by atoms with Crippen LogP contribution in [0.5, 0.6) is 0 Å². The van der Waals surface area contributed by atoms with E-state index in [0.717, 1.165) is 10.0 Å². The molecule has 0 fully saturated rings. The van der Waals surface area contributed by atoms with Crippen molar-refractivity contribution in [2.45, 2.75) is 32.9 Å². The number of benzene rings is 2. The average molecular weight is 472 g/mol. The summed E-state index contributed by atoms with van der Waals surface area (Å²) in [6.07, 6.45) is 0.0241. The van der Waals surface area contributed by atoms with Crippen LogP contribution in [0.4, 0.5) is 0 Å². The van der Waals surface area contributed by atoms with E-state index in [2.05, 4.69) is 21.2 Å².